The Bertz CT molecular complexity index is 699. The summed E-state index contributed by atoms with van der Waals surface area (Å²) >= 11 is 12.2. The van der Waals surface area contributed by atoms with Gasteiger partial charge in [0.1, 0.15) is 4.90 Å². The zero-order chi connectivity index (χ0) is 17.2. The Morgan fingerprint density at radius 3 is 2.30 bits per heavy atom. The molecule has 1 N–H and O–H groups in total. The number of amides is 1. The van der Waals surface area contributed by atoms with E-state index in [-0.39, 0.29) is 32.5 Å². The standard InChI is InChI=1S/C15H20Cl2N2O3S/c1-10(2)18-23(21,22)14-8-11(12(16)9-13(14)17)15(20)19-6-4-3-5-7-19/h8-10,18H,3-7H2,1-2H3. The van der Waals surface area contributed by atoms with Gasteiger partial charge < -0.3 is 4.90 Å². The van der Waals surface area contributed by atoms with Gasteiger partial charge in [0.05, 0.1) is 15.6 Å². The summed E-state index contributed by atoms with van der Waals surface area (Å²) in [4.78, 5) is 14.2. The third kappa shape index (κ3) is 4.38. The SMILES string of the molecule is CC(C)NS(=O)(=O)c1cc(C(=O)N2CCCCC2)c(Cl)cc1Cl. The molecule has 8 heteroatoms. The number of rotatable bonds is 4. The van der Waals surface area contributed by atoms with Gasteiger partial charge in [0, 0.05) is 19.1 Å². The third-order valence-corrected chi connectivity index (χ3v) is 6.01. The molecule has 1 aliphatic heterocycles. The van der Waals surface area contributed by atoms with Crippen LogP contribution in [-0.2, 0) is 10.0 Å². The van der Waals surface area contributed by atoms with Crippen molar-refractivity contribution in [1.82, 2.24) is 9.62 Å². The number of nitrogens with zero attached hydrogens (tertiary/aromatic N) is 1. The van der Waals surface area contributed by atoms with Crippen LogP contribution in [0.2, 0.25) is 10.0 Å². The van der Waals surface area contributed by atoms with E-state index in [1.165, 1.54) is 12.1 Å². The van der Waals surface area contributed by atoms with E-state index >= 15 is 0 Å². The van der Waals surface area contributed by atoms with Gasteiger partial charge in [-0.15, -0.1) is 0 Å². The summed E-state index contributed by atoms with van der Waals surface area (Å²) in [6.07, 6.45) is 2.98. The number of likely N-dealkylation sites (tertiary alicyclic amines) is 1. The molecule has 0 aromatic heterocycles. The zero-order valence-electron chi connectivity index (χ0n) is 13.1. The van der Waals surface area contributed by atoms with Crippen molar-refractivity contribution >= 4 is 39.1 Å². The van der Waals surface area contributed by atoms with Crippen LogP contribution in [0.4, 0.5) is 0 Å². The van der Waals surface area contributed by atoms with E-state index < -0.39 is 10.0 Å². The highest BCUT2D eigenvalue weighted by molar-refractivity contribution is 7.89. The van der Waals surface area contributed by atoms with Crippen molar-refractivity contribution in [2.75, 3.05) is 13.1 Å². The summed E-state index contributed by atoms with van der Waals surface area (Å²) < 4.78 is 27.2. The second-order valence-corrected chi connectivity index (χ2v) is 8.39. The molecule has 0 radical (unpaired) electrons. The number of benzene rings is 1. The topological polar surface area (TPSA) is 66.5 Å². The molecule has 1 aromatic carbocycles. The molecule has 5 nitrogen and oxygen atoms in total. The molecule has 0 bridgehead atoms. The Morgan fingerprint density at radius 1 is 1.13 bits per heavy atom. The number of hydrogen-bond acceptors (Lipinski definition) is 3. The lowest BCUT2D eigenvalue weighted by Gasteiger charge is -2.27. The summed E-state index contributed by atoms with van der Waals surface area (Å²) in [5.74, 6) is -0.257. The molecule has 23 heavy (non-hydrogen) atoms. The number of halogens is 2. The van der Waals surface area contributed by atoms with Crippen LogP contribution in [0, 0.1) is 0 Å². The molecule has 0 aliphatic carbocycles. The predicted octanol–water partition coefficient (Wildman–Crippen LogP) is 3.31. The second kappa shape index (κ2) is 7.38. The number of piperidine rings is 1. The molecule has 0 spiro atoms. The lowest BCUT2D eigenvalue weighted by atomic mass is 10.1. The molecule has 1 aliphatic rings. The zero-order valence-corrected chi connectivity index (χ0v) is 15.4. The molecule has 0 saturated carbocycles. The predicted molar refractivity (Wildman–Crippen MR) is 91.7 cm³/mol. The van der Waals surface area contributed by atoms with Crippen molar-refractivity contribution in [2.24, 2.45) is 0 Å². The number of hydrogen-bond donors (Lipinski definition) is 1. The lowest BCUT2D eigenvalue weighted by molar-refractivity contribution is 0.0724. The highest BCUT2D eigenvalue weighted by atomic mass is 35.5. The number of carbonyl (C=O) groups is 1. The molecule has 2 rings (SSSR count). The van der Waals surface area contributed by atoms with Crippen molar-refractivity contribution in [2.45, 2.75) is 44.0 Å². The Morgan fingerprint density at radius 2 is 1.74 bits per heavy atom. The Balaban J connectivity index is 2.41. The average Bonchev–Trinajstić information content (AvgIpc) is 2.46. The highest BCUT2D eigenvalue weighted by Gasteiger charge is 2.26. The minimum atomic E-state index is -3.81. The van der Waals surface area contributed by atoms with Crippen LogP contribution in [0.5, 0.6) is 0 Å². The molecular weight excluding hydrogens is 359 g/mol. The normalized spacial score (nSPS) is 16.0. The van der Waals surface area contributed by atoms with E-state index in [1.54, 1.807) is 18.7 Å². The summed E-state index contributed by atoms with van der Waals surface area (Å²) in [5, 5.41) is 0.160. The number of nitrogens with one attached hydrogen (secondary N) is 1. The Hall–Kier alpha value is -0.820. The van der Waals surface area contributed by atoms with Gasteiger partial charge in [-0.25, -0.2) is 13.1 Å². The largest absolute Gasteiger partial charge is 0.339 e. The summed E-state index contributed by atoms with van der Waals surface area (Å²) in [5.41, 5.74) is 0.169. The Labute approximate surface area is 147 Å². The molecule has 1 fully saturated rings. The first kappa shape index (κ1) is 18.5. The maximum Gasteiger partial charge on any atom is 0.255 e. The summed E-state index contributed by atoms with van der Waals surface area (Å²) in [7, 11) is -3.81. The molecule has 1 aromatic rings. The quantitative estimate of drug-likeness (QED) is 0.873. The average molecular weight is 379 g/mol. The lowest BCUT2D eigenvalue weighted by Crippen LogP contribution is -2.36. The maximum atomic E-state index is 12.6. The van der Waals surface area contributed by atoms with Crippen LogP contribution < -0.4 is 4.72 Å². The van der Waals surface area contributed by atoms with Crippen LogP contribution in [0.3, 0.4) is 0 Å². The molecular formula is C15H20Cl2N2O3S. The van der Waals surface area contributed by atoms with Crippen molar-refractivity contribution < 1.29 is 13.2 Å². The maximum absolute atomic E-state index is 12.6. The van der Waals surface area contributed by atoms with E-state index in [1.807, 2.05) is 0 Å². The minimum Gasteiger partial charge on any atom is -0.339 e. The van der Waals surface area contributed by atoms with E-state index in [4.69, 9.17) is 23.2 Å². The van der Waals surface area contributed by atoms with Crippen LogP contribution >= 0.6 is 23.2 Å². The van der Waals surface area contributed by atoms with Crippen molar-refractivity contribution in [3.63, 3.8) is 0 Å². The summed E-state index contributed by atoms with van der Waals surface area (Å²) in [6.45, 7) is 4.73. The Kier molecular flexibility index (Phi) is 5.94. The van der Waals surface area contributed by atoms with Crippen LogP contribution in [0.1, 0.15) is 43.5 Å². The van der Waals surface area contributed by atoms with Crippen LogP contribution in [0.15, 0.2) is 17.0 Å². The molecule has 1 saturated heterocycles. The van der Waals surface area contributed by atoms with Gasteiger partial charge in [-0.2, -0.15) is 0 Å². The van der Waals surface area contributed by atoms with Gasteiger partial charge in [-0.05, 0) is 45.2 Å². The van der Waals surface area contributed by atoms with Crippen molar-refractivity contribution in [1.29, 1.82) is 0 Å². The first-order valence-corrected chi connectivity index (χ1v) is 9.77. The fourth-order valence-corrected chi connectivity index (χ4v) is 4.65. The van der Waals surface area contributed by atoms with Crippen LogP contribution in [-0.4, -0.2) is 38.4 Å². The monoisotopic (exact) mass is 378 g/mol. The molecule has 0 atom stereocenters. The highest BCUT2D eigenvalue weighted by Crippen LogP contribution is 2.30. The number of carbonyl (C=O) groups excluding carboxylic acids is 1. The van der Waals surface area contributed by atoms with Crippen LogP contribution in [0.25, 0.3) is 0 Å². The van der Waals surface area contributed by atoms with Gasteiger partial charge in [0.15, 0.2) is 0 Å². The van der Waals surface area contributed by atoms with Gasteiger partial charge in [0.25, 0.3) is 5.91 Å². The molecule has 1 heterocycles. The molecule has 128 valence electrons. The fraction of sp³-hybridized carbons (Fsp3) is 0.533. The first-order valence-electron chi connectivity index (χ1n) is 7.53. The van der Waals surface area contributed by atoms with Crippen molar-refractivity contribution in [3.8, 4) is 0 Å². The van der Waals surface area contributed by atoms with Gasteiger partial charge >= 0.3 is 0 Å². The van der Waals surface area contributed by atoms with E-state index in [0.29, 0.717) is 13.1 Å². The molecule has 0 unspecified atom stereocenters. The van der Waals surface area contributed by atoms with E-state index in [9.17, 15) is 13.2 Å². The summed E-state index contributed by atoms with van der Waals surface area (Å²) in [6, 6.07) is 2.30. The van der Waals surface area contributed by atoms with E-state index in [2.05, 4.69) is 4.72 Å². The third-order valence-electron chi connectivity index (χ3n) is 3.58. The fourth-order valence-electron chi connectivity index (χ4n) is 2.54. The number of sulfonamides is 1. The molecule has 1 amide bonds. The van der Waals surface area contributed by atoms with Crippen molar-refractivity contribution in [3.05, 3.63) is 27.7 Å². The smallest absolute Gasteiger partial charge is 0.255 e. The first-order chi connectivity index (χ1) is 10.7. The van der Waals surface area contributed by atoms with E-state index in [0.717, 1.165) is 19.3 Å². The van der Waals surface area contributed by atoms with Gasteiger partial charge in [0.2, 0.25) is 10.0 Å². The minimum absolute atomic E-state index is 0.00153. The second-order valence-electron chi connectivity index (χ2n) is 5.89. The van der Waals surface area contributed by atoms with Gasteiger partial charge in [-0.1, -0.05) is 23.2 Å². The van der Waals surface area contributed by atoms with Gasteiger partial charge in [-0.3, -0.25) is 4.79 Å².